The quantitative estimate of drug-likeness (QED) is 0.893. The van der Waals surface area contributed by atoms with Crippen molar-refractivity contribution in [2.75, 3.05) is 19.8 Å². The lowest BCUT2D eigenvalue weighted by atomic mass is 9.82. The molecule has 0 saturated carbocycles. The van der Waals surface area contributed by atoms with Crippen molar-refractivity contribution in [1.82, 2.24) is 5.32 Å². The van der Waals surface area contributed by atoms with Crippen molar-refractivity contribution in [3.05, 3.63) is 35.4 Å². The Morgan fingerprint density at radius 2 is 2.00 bits per heavy atom. The summed E-state index contributed by atoms with van der Waals surface area (Å²) in [4.78, 5) is 0. The van der Waals surface area contributed by atoms with Crippen LogP contribution in [0.1, 0.15) is 25.3 Å². The van der Waals surface area contributed by atoms with Gasteiger partial charge in [-0.05, 0) is 36.5 Å². The first kappa shape index (κ1) is 13.4. The van der Waals surface area contributed by atoms with Gasteiger partial charge in [-0.2, -0.15) is 0 Å². The summed E-state index contributed by atoms with van der Waals surface area (Å²) in [7, 11) is 0. The van der Waals surface area contributed by atoms with Crippen molar-refractivity contribution >= 4 is 0 Å². The third-order valence-electron chi connectivity index (χ3n) is 3.57. The number of nitrogens with one attached hydrogen (secondary N) is 1. The molecule has 0 atom stereocenters. The Labute approximate surface area is 106 Å². The molecule has 1 N–H and O–H groups in total. The lowest BCUT2D eigenvalue weighted by Crippen LogP contribution is -2.36. The number of halogens is 2. The van der Waals surface area contributed by atoms with Crippen molar-refractivity contribution in [2.45, 2.75) is 26.3 Å². The highest BCUT2D eigenvalue weighted by Crippen LogP contribution is 2.28. The van der Waals surface area contributed by atoms with Crippen LogP contribution < -0.4 is 5.32 Å². The summed E-state index contributed by atoms with van der Waals surface area (Å²) in [6.45, 7) is 4.93. The SMILES string of the molecule is CC1(CNCc2cc(F)ccc2F)CCOCC1. The number of hydrogen-bond acceptors (Lipinski definition) is 2. The summed E-state index contributed by atoms with van der Waals surface area (Å²) in [5, 5.41) is 3.22. The molecule has 2 nitrogen and oxygen atoms in total. The van der Waals surface area contributed by atoms with Crippen molar-refractivity contribution in [2.24, 2.45) is 5.41 Å². The van der Waals surface area contributed by atoms with E-state index < -0.39 is 5.82 Å². The minimum atomic E-state index is -0.398. The Kier molecular flexibility index (Phi) is 4.30. The summed E-state index contributed by atoms with van der Waals surface area (Å²) in [5.74, 6) is -0.758. The van der Waals surface area contributed by atoms with Crippen LogP contribution in [0, 0.1) is 17.0 Å². The van der Waals surface area contributed by atoms with Gasteiger partial charge in [-0.1, -0.05) is 6.92 Å². The van der Waals surface area contributed by atoms with Crippen molar-refractivity contribution < 1.29 is 13.5 Å². The summed E-state index contributed by atoms with van der Waals surface area (Å²) in [5.41, 5.74) is 0.577. The molecule has 100 valence electrons. The van der Waals surface area contributed by atoms with E-state index >= 15 is 0 Å². The van der Waals surface area contributed by atoms with Crippen LogP contribution >= 0.6 is 0 Å². The molecule has 18 heavy (non-hydrogen) atoms. The molecule has 1 saturated heterocycles. The molecule has 0 spiro atoms. The highest BCUT2D eigenvalue weighted by Gasteiger charge is 2.26. The molecule has 0 amide bonds. The van der Waals surface area contributed by atoms with Crippen LogP contribution in [0.3, 0.4) is 0 Å². The second-order valence-electron chi connectivity index (χ2n) is 5.26. The second-order valence-corrected chi connectivity index (χ2v) is 5.26. The molecule has 1 aliphatic rings. The summed E-state index contributed by atoms with van der Waals surface area (Å²) in [6.07, 6.45) is 2.01. The van der Waals surface area contributed by atoms with E-state index in [1.165, 1.54) is 12.1 Å². The first-order valence-corrected chi connectivity index (χ1v) is 6.31. The Morgan fingerprint density at radius 1 is 1.28 bits per heavy atom. The lowest BCUT2D eigenvalue weighted by molar-refractivity contribution is 0.0239. The zero-order valence-electron chi connectivity index (χ0n) is 10.6. The van der Waals surface area contributed by atoms with E-state index in [2.05, 4.69) is 12.2 Å². The van der Waals surface area contributed by atoms with Gasteiger partial charge in [0, 0.05) is 31.9 Å². The fourth-order valence-electron chi connectivity index (χ4n) is 2.22. The van der Waals surface area contributed by atoms with Crippen molar-refractivity contribution in [3.63, 3.8) is 0 Å². The molecule has 0 unspecified atom stereocenters. The average molecular weight is 255 g/mol. The Hall–Kier alpha value is -1.00. The lowest BCUT2D eigenvalue weighted by Gasteiger charge is -2.33. The fourth-order valence-corrected chi connectivity index (χ4v) is 2.22. The molecule has 1 heterocycles. The minimum absolute atomic E-state index is 0.196. The third-order valence-corrected chi connectivity index (χ3v) is 3.57. The van der Waals surface area contributed by atoms with Crippen LogP contribution in [0.5, 0.6) is 0 Å². The second kappa shape index (κ2) is 5.76. The molecule has 0 aliphatic carbocycles. The van der Waals surface area contributed by atoms with Crippen LogP contribution in [0.15, 0.2) is 18.2 Å². The first-order chi connectivity index (χ1) is 8.59. The number of benzene rings is 1. The molecule has 1 aromatic rings. The highest BCUT2D eigenvalue weighted by molar-refractivity contribution is 5.18. The predicted octanol–water partition coefficient (Wildman–Crippen LogP) is 2.87. The molecular formula is C14H19F2NO. The zero-order chi connectivity index (χ0) is 13.0. The van der Waals surface area contributed by atoms with Crippen molar-refractivity contribution in [3.8, 4) is 0 Å². The van der Waals surface area contributed by atoms with Gasteiger partial charge in [0.1, 0.15) is 11.6 Å². The van der Waals surface area contributed by atoms with E-state index in [0.29, 0.717) is 12.1 Å². The standard InChI is InChI=1S/C14H19F2NO/c1-14(4-6-18-7-5-14)10-17-9-11-8-12(15)2-3-13(11)16/h2-3,8,17H,4-7,9-10H2,1H3. The topological polar surface area (TPSA) is 21.3 Å². The normalized spacial score (nSPS) is 18.8. The predicted molar refractivity (Wildman–Crippen MR) is 66.2 cm³/mol. The average Bonchev–Trinajstić information content (AvgIpc) is 2.34. The van der Waals surface area contributed by atoms with Crippen molar-refractivity contribution in [1.29, 1.82) is 0 Å². The van der Waals surface area contributed by atoms with Crippen LogP contribution in [-0.2, 0) is 11.3 Å². The van der Waals surface area contributed by atoms with E-state index in [1.807, 2.05) is 0 Å². The first-order valence-electron chi connectivity index (χ1n) is 6.31. The molecule has 2 rings (SSSR count). The van der Waals surface area contributed by atoms with Gasteiger partial charge in [-0.15, -0.1) is 0 Å². The maximum Gasteiger partial charge on any atom is 0.127 e. The largest absolute Gasteiger partial charge is 0.381 e. The van der Waals surface area contributed by atoms with Gasteiger partial charge in [0.25, 0.3) is 0 Å². The maximum atomic E-state index is 13.4. The molecule has 4 heteroatoms. The molecular weight excluding hydrogens is 236 g/mol. The van der Waals surface area contributed by atoms with E-state index in [9.17, 15) is 8.78 Å². The Balaban J connectivity index is 1.86. The van der Waals surface area contributed by atoms with Crippen LogP contribution in [0.2, 0.25) is 0 Å². The zero-order valence-corrected chi connectivity index (χ0v) is 10.6. The van der Waals surface area contributed by atoms with E-state index in [0.717, 1.165) is 38.7 Å². The van der Waals surface area contributed by atoms with Gasteiger partial charge in [0.15, 0.2) is 0 Å². The van der Waals surface area contributed by atoms with Gasteiger partial charge in [-0.3, -0.25) is 0 Å². The Morgan fingerprint density at radius 3 is 2.72 bits per heavy atom. The number of hydrogen-bond donors (Lipinski definition) is 1. The smallest absolute Gasteiger partial charge is 0.127 e. The molecule has 1 fully saturated rings. The number of ether oxygens (including phenoxy) is 1. The molecule has 0 aromatic heterocycles. The summed E-state index contributed by atoms with van der Waals surface area (Å²) >= 11 is 0. The van der Waals surface area contributed by atoms with Gasteiger partial charge in [0.2, 0.25) is 0 Å². The monoisotopic (exact) mass is 255 g/mol. The van der Waals surface area contributed by atoms with Gasteiger partial charge >= 0.3 is 0 Å². The van der Waals surface area contributed by atoms with Crippen LogP contribution in [0.25, 0.3) is 0 Å². The Bertz CT molecular complexity index is 403. The van der Waals surface area contributed by atoms with Gasteiger partial charge in [0.05, 0.1) is 0 Å². The van der Waals surface area contributed by atoms with E-state index in [1.54, 1.807) is 0 Å². The third kappa shape index (κ3) is 3.50. The summed E-state index contributed by atoms with van der Waals surface area (Å²) < 4.78 is 31.7. The fraction of sp³-hybridized carbons (Fsp3) is 0.571. The van der Waals surface area contributed by atoms with Crippen LogP contribution in [0.4, 0.5) is 8.78 Å². The molecule has 0 radical (unpaired) electrons. The molecule has 1 aliphatic heterocycles. The highest BCUT2D eigenvalue weighted by atomic mass is 19.1. The maximum absolute atomic E-state index is 13.4. The molecule has 1 aromatic carbocycles. The van der Waals surface area contributed by atoms with Gasteiger partial charge in [-0.25, -0.2) is 8.78 Å². The summed E-state index contributed by atoms with van der Waals surface area (Å²) in [6, 6.07) is 3.55. The van der Waals surface area contributed by atoms with E-state index in [4.69, 9.17) is 4.74 Å². The number of rotatable bonds is 4. The van der Waals surface area contributed by atoms with Gasteiger partial charge < -0.3 is 10.1 Å². The minimum Gasteiger partial charge on any atom is -0.381 e. The molecule has 0 bridgehead atoms. The van der Waals surface area contributed by atoms with Crippen LogP contribution in [-0.4, -0.2) is 19.8 Å². The van der Waals surface area contributed by atoms with E-state index in [-0.39, 0.29) is 11.2 Å².